The highest BCUT2D eigenvalue weighted by Gasteiger charge is 2.19. The van der Waals surface area contributed by atoms with E-state index >= 15 is 0 Å². The predicted molar refractivity (Wildman–Crippen MR) is 73.3 cm³/mol. The van der Waals surface area contributed by atoms with Crippen LogP contribution < -0.4 is 16.0 Å². The molecular formula is C12H12FN3O3S. The van der Waals surface area contributed by atoms with Crippen molar-refractivity contribution in [3.8, 4) is 0 Å². The fourth-order valence-corrected chi connectivity index (χ4v) is 2.80. The Bertz CT molecular complexity index is 815. The van der Waals surface area contributed by atoms with Gasteiger partial charge in [-0.1, -0.05) is 6.07 Å². The van der Waals surface area contributed by atoms with Crippen LogP contribution in [-0.2, 0) is 17.1 Å². The minimum absolute atomic E-state index is 0.177. The number of pyridine rings is 1. The highest BCUT2D eigenvalue weighted by molar-refractivity contribution is 7.92. The van der Waals surface area contributed by atoms with E-state index in [9.17, 15) is 17.6 Å². The third kappa shape index (κ3) is 2.64. The first-order valence-corrected chi connectivity index (χ1v) is 7.03. The Balaban J connectivity index is 2.43. The molecular weight excluding hydrogens is 285 g/mol. The van der Waals surface area contributed by atoms with Crippen molar-refractivity contribution >= 4 is 21.4 Å². The zero-order valence-electron chi connectivity index (χ0n) is 10.5. The number of nitrogens with one attached hydrogen (secondary N) is 1. The van der Waals surface area contributed by atoms with Crippen molar-refractivity contribution in [3.63, 3.8) is 0 Å². The standard InChI is InChI=1S/C12H12FN3O3S/c1-16-7-8(5-6-11(16)17)15-20(18,19)10-4-2-3-9(13)12(10)14/h2-7,15H,14H2,1H3. The lowest BCUT2D eigenvalue weighted by molar-refractivity contribution is 0.597. The van der Waals surface area contributed by atoms with Gasteiger partial charge in [-0.2, -0.15) is 0 Å². The molecule has 0 saturated carbocycles. The van der Waals surface area contributed by atoms with Gasteiger partial charge in [0, 0.05) is 19.3 Å². The number of anilines is 2. The number of benzene rings is 1. The van der Waals surface area contributed by atoms with Crippen molar-refractivity contribution in [1.29, 1.82) is 0 Å². The Morgan fingerprint density at radius 3 is 2.60 bits per heavy atom. The third-order valence-corrected chi connectivity index (χ3v) is 4.08. The second-order valence-electron chi connectivity index (χ2n) is 4.12. The zero-order chi connectivity index (χ0) is 14.9. The van der Waals surface area contributed by atoms with Gasteiger partial charge in [0.25, 0.3) is 10.0 Å². The first-order valence-electron chi connectivity index (χ1n) is 5.55. The van der Waals surface area contributed by atoms with Gasteiger partial charge in [0.1, 0.15) is 10.7 Å². The molecule has 0 unspecified atom stereocenters. The number of rotatable bonds is 3. The number of para-hydroxylation sites is 1. The number of sulfonamides is 1. The summed E-state index contributed by atoms with van der Waals surface area (Å²) >= 11 is 0. The molecule has 3 N–H and O–H groups in total. The molecule has 0 fully saturated rings. The maximum Gasteiger partial charge on any atom is 0.264 e. The number of aryl methyl sites for hydroxylation is 1. The van der Waals surface area contributed by atoms with Gasteiger partial charge >= 0.3 is 0 Å². The van der Waals surface area contributed by atoms with Gasteiger partial charge in [-0.15, -0.1) is 0 Å². The summed E-state index contributed by atoms with van der Waals surface area (Å²) in [5, 5.41) is 0. The molecule has 8 heteroatoms. The number of hydrogen-bond acceptors (Lipinski definition) is 4. The average molecular weight is 297 g/mol. The molecule has 0 amide bonds. The highest BCUT2D eigenvalue weighted by Crippen LogP contribution is 2.23. The molecule has 20 heavy (non-hydrogen) atoms. The number of nitrogens with zero attached hydrogens (tertiary/aromatic N) is 1. The van der Waals surface area contributed by atoms with Gasteiger partial charge in [-0.25, -0.2) is 12.8 Å². The van der Waals surface area contributed by atoms with Crippen LogP contribution in [-0.4, -0.2) is 13.0 Å². The Morgan fingerprint density at radius 2 is 1.95 bits per heavy atom. The van der Waals surface area contributed by atoms with E-state index in [2.05, 4.69) is 4.72 Å². The van der Waals surface area contributed by atoms with Gasteiger partial charge in [-0.3, -0.25) is 9.52 Å². The predicted octanol–water partition coefficient (Wildman–Crippen LogP) is 0.907. The van der Waals surface area contributed by atoms with Crippen LogP contribution >= 0.6 is 0 Å². The SMILES string of the molecule is Cn1cc(NS(=O)(=O)c2cccc(F)c2N)ccc1=O. The van der Waals surface area contributed by atoms with Crippen molar-refractivity contribution in [1.82, 2.24) is 4.57 Å². The summed E-state index contributed by atoms with van der Waals surface area (Å²) in [7, 11) is -2.54. The van der Waals surface area contributed by atoms with Gasteiger partial charge < -0.3 is 10.3 Å². The first kappa shape index (κ1) is 14.1. The Labute approximate surface area is 114 Å². The molecule has 2 rings (SSSR count). The molecule has 6 nitrogen and oxygen atoms in total. The van der Waals surface area contributed by atoms with E-state index in [-0.39, 0.29) is 16.1 Å². The highest BCUT2D eigenvalue weighted by atomic mass is 32.2. The van der Waals surface area contributed by atoms with E-state index in [0.29, 0.717) is 0 Å². The molecule has 1 aromatic heterocycles. The molecule has 1 heterocycles. The van der Waals surface area contributed by atoms with E-state index in [1.165, 1.54) is 42.1 Å². The summed E-state index contributed by atoms with van der Waals surface area (Å²) in [6.07, 6.45) is 1.31. The fourth-order valence-electron chi connectivity index (χ4n) is 1.62. The largest absolute Gasteiger partial charge is 0.395 e. The normalized spacial score (nSPS) is 11.3. The van der Waals surface area contributed by atoms with Crippen molar-refractivity contribution < 1.29 is 12.8 Å². The molecule has 0 aliphatic carbocycles. The fraction of sp³-hybridized carbons (Fsp3) is 0.0833. The number of hydrogen-bond donors (Lipinski definition) is 2. The zero-order valence-corrected chi connectivity index (χ0v) is 11.3. The lowest BCUT2D eigenvalue weighted by atomic mass is 10.3. The maximum atomic E-state index is 13.3. The van der Waals surface area contributed by atoms with Crippen molar-refractivity contribution in [2.45, 2.75) is 4.90 Å². The van der Waals surface area contributed by atoms with Crippen LogP contribution in [0, 0.1) is 5.82 Å². The van der Waals surface area contributed by atoms with Crippen molar-refractivity contribution in [2.75, 3.05) is 10.5 Å². The minimum Gasteiger partial charge on any atom is -0.395 e. The van der Waals surface area contributed by atoms with Crippen LogP contribution in [0.3, 0.4) is 0 Å². The van der Waals surface area contributed by atoms with E-state index in [1.807, 2.05) is 0 Å². The second kappa shape index (κ2) is 4.97. The summed E-state index contributed by atoms with van der Waals surface area (Å²) < 4.78 is 41.0. The number of nitrogen functional groups attached to an aromatic ring is 1. The molecule has 0 bridgehead atoms. The number of nitrogens with two attached hydrogens (primary N) is 1. The molecule has 0 radical (unpaired) electrons. The molecule has 106 valence electrons. The summed E-state index contributed by atoms with van der Waals surface area (Å²) in [4.78, 5) is 10.9. The summed E-state index contributed by atoms with van der Waals surface area (Å²) in [6.45, 7) is 0. The van der Waals surface area contributed by atoms with Gasteiger partial charge in [0.15, 0.2) is 0 Å². The van der Waals surface area contributed by atoms with E-state index < -0.39 is 21.5 Å². The summed E-state index contributed by atoms with van der Waals surface area (Å²) in [5.74, 6) is -0.812. The molecule has 2 aromatic rings. The van der Waals surface area contributed by atoms with Gasteiger partial charge in [0.2, 0.25) is 5.56 Å². The molecule has 0 spiro atoms. The van der Waals surface area contributed by atoms with Crippen LogP contribution in [0.25, 0.3) is 0 Å². The van der Waals surface area contributed by atoms with Crippen LogP contribution in [0.15, 0.2) is 46.2 Å². The van der Waals surface area contributed by atoms with Gasteiger partial charge in [0.05, 0.1) is 11.4 Å². The third-order valence-electron chi connectivity index (χ3n) is 2.64. The Hall–Kier alpha value is -2.35. The second-order valence-corrected chi connectivity index (χ2v) is 5.77. The lowest BCUT2D eigenvalue weighted by Gasteiger charge is -2.11. The smallest absolute Gasteiger partial charge is 0.264 e. The van der Waals surface area contributed by atoms with Crippen molar-refractivity contribution in [2.24, 2.45) is 7.05 Å². The van der Waals surface area contributed by atoms with Crippen molar-refractivity contribution in [3.05, 3.63) is 52.7 Å². The minimum atomic E-state index is -4.03. The Morgan fingerprint density at radius 1 is 1.25 bits per heavy atom. The topological polar surface area (TPSA) is 94.2 Å². The summed E-state index contributed by atoms with van der Waals surface area (Å²) in [6, 6.07) is 6.05. The molecule has 0 saturated heterocycles. The monoisotopic (exact) mass is 297 g/mol. The lowest BCUT2D eigenvalue weighted by Crippen LogP contribution is -2.19. The van der Waals surface area contributed by atoms with Crippen LogP contribution in [0.2, 0.25) is 0 Å². The molecule has 1 aromatic carbocycles. The van der Waals surface area contributed by atoms with Crippen LogP contribution in [0.5, 0.6) is 0 Å². The van der Waals surface area contributed by atoms with Crippen LogP contribution in [0.4, 0.5) is 15.8 Å². The Kier molecular flexibility index (Phi) is 3.49. The van der Waals surface area contributed by atoms with Crippen LogP contribution in [0.1, 0.15) is 0 Å². The van der Waals surface area contributed by atoms with E-state index in [0.717, 1.165) is 6.07 Å². The number of halogens is 1. The van der Waals surface area contributed by atoms with Gasteiger partial charge in [-0.05, 0) is 18.2 Å². The van der Waals surface area contributed by atoms with E-state index in [1.54, 1.807) is 0 Å². The molecule has 0 aliphatic rings. The average Bonchev–Trinajstić information content (AvgIpc) is 2.36. The first-order chi connectivity index (χ1) is 9.31. The molecule has 0 aliphatic heterocycles. The van der Waals surface area contributed by atoms with E-state index in [4.69, 9.17) is 5.73 Å². The number of aromatic nitrogens is 1. The molecule has 0 atom stereocenters. The summed E-state index contributed by atoms with van der Waals surface area (Å²) in [5.41, 5.74) is 4.87. The maximum absolute atomic E-state index is 13.3. The quantitative estimate of drug-likeness (QED) is 0.823.